The van der Waals surface area contributed by atoms with Crippen molar-refractivity contribution in [2.75, 3.05) is 13.2 Å². The molecule has 0 bridgehead atoms. The Labute approximate surface area is 121 Å². The Bertz CT molecular complexity index is 394. The summed E-state index contributed by atoms with van der Waals surface area (Å²) in [6.45, 7) is 9.10. The lowest BCUT2D eigenvalue weighted by molar-refractivity contribution is -0.107. The molecule has 1 aromatic heterocycles. The third-order valence-electron chi connectivity index (χ3n) is 3.58. The number of hydrogen-bond donors (Lipinski definition) is 1. The highest BCUT2D eigenvalue weighted by Gasteiger charge is 2.43. The van der Waals surface area contributed by atoms with Crippen LogP contribution in [-0.2, 0) is 11.3 Å². The summed E-state index contributed by atoms with van der Waals surface area (Å²) in [5.74, 6) is 0.850. The summed E-state index contributed by atoms with van der Waals surface area (Å²) in [5, 5.41) is 7.75. The summed E-state index contributed by atoms with van der Waals surface area (Å²) in [4.78, 5) is 0. The van der Waals surface area contributed by atoms with E-state index in [0.717, 1.165) is 44.7 Å². The van der Waals surface area contributed by atoms with Gasteiger partial charge >= 0.3 is 0 Å². The molecule has 1 aliphatic rings. The number of rotatable bonds is 9. The lowest BCUT2D eigenvalue weighted by Crippen LogP contribution is -2.61. The van der Waals surface area contributed by atoms with Crippen LogP contribution in [0.15, 0.2) is 12.4 Å². The van der Waals surface area contributed by atoms with E-state index in [2.05, 4.69) is 31.2 Å². The summed E-state index contributed by atoms with van der Waals surface area (Å²) in [6, 6.07) is 0.419. The van der Waals surface area contributed by atoms with Gasteiger partial charge in [-0.25, -0.2) is 0 Å². The molecule has 114 valence electrons. The highest BCUT2D eigenvalue weighted by Crippen LogP contribution is 2.29. The van der Waals surface area contributed by atoms with Gasteiger partial charge in [-0.15, -0.1) is 0 Å². The van der Waals surface area contributed by atoms with Gasteiger partial charge in [0.2, 0.25) is 0 Å². The molecule has 5 heteroatoms. The fourth-order valence-electron chi connectivity index (χ4n) is 2.57. The fourth-order valence-corrected chi connectivity index (χ4v) is 2.57. The molecule has 3 atom stereocenters. The molecule has 0 radical (unpaired) electrons. The maximum Gasteiger partial charge on any atom is 0.157 e. The standard InChI is InChI=1S/C15H27N3O2/c1-4-7-18-11-12(10-17-18)20-14-9-13(16-6-3)15(14)19-8-5-2/h10-11,13-16H,4-9H2,1-3H3. The zero-order valence-electron chi connectivity index (χ0n) is 12.8. The zero-order chi connectivity index (χ0) is 14.4. The zero-order valence-corrected chi connectivity index (χ0v) is 12.8. The maximum absolute atomic E-state index is 6.02. The Morgan fingerprint density at radius 3 is 2.90 bits per heavy atom. The molecule has 0 saturated heterocycles. The predicted molar refractivity (Wildman–Crippen MR) is 79.0 cm³/mol. The Morgan fingerprint density at radius 1 is 1.35 bits per heavy atom. The Balaban J connectivity index is 1.87. The van der Waals surface area contributed by atoms with E-state index < -0.39 is 0 Å². The Morgan fingerprint density at radius 2 is 2.20 bits per heavy atom. The van der Waals surface area contributed by atoms with Crippen molar-refractivity contribution in [1.82, 2.24) is 15.1 Å². The van der Waals surface area contributed by atoms with Gasteiger partial charge in [0.1, 0.15) is 12.2 Å². The molecule has 2 rings (SSSR count). The summed E-state index contributed by atoms with van der Waals surface area (Å²) < 4.78 is 13.9. The van der Waals surface area contributed by atoms with Crippen molar-refractivity contribution in [3.63, 3.8) is 0 Å². The van der Waals surface area contributed by atoms with Gasteiger partial charge in [0.15, 0.2) is 5.75 Å². The minimum absolute atomic E-state index is 0.143. The van der Waals surface area contributed by atoms with E-state index in [-0.39, 0.29) is 12.2 Å². The fraction of sp³-hybridized carbons (Fsp3) is 0.800. The van der Waals surface area contributed by atoms with Crippen molar-refractivity contribution in [3.8, 4) is 5.75 Å². The second kappa shape index (κ2) is 7.64. The summed E-state index contributed by atoms with van der Waals surface area (Å²) in [5.41, 5.74) is 0. The Kier molecular flexibility index (Phi) is 5.86. The van der Waals surface area contributed by atoms with Gasteiger partial charge in [-0.2, -0.15) is 5.10 Å². The van der Waals surface area contributed by atoms with Crippen molar-refractivity contribution in [2.45, 2.75) is 64.8 Å². The first-order valence-electron chi connectivity index (χ1n) is 7.82. The minimum atomic E-state index is 0.143. The van der Waals surface area contributed by atoms with Gasteiger partial charge in [0.25, 0.3) is 0 Å². The molecule has 0 spiro atoms. The molecule has 3 unspecified atom stereocenters. The molecule has 1 fully saturated rings. The molecule has 0 aromatic carbocycles. The first-order chi connectivity index (χ1) is 9.78. The summed E-state index contributed by atoms with van der Waals surface area (Å²) in [6.07, 6.45) is 7.19. The number of ether oxygens (including phenoxy) is 2. The van der Waals surface area contributed by atoms with Crippen LogP contribution in [0, 0.1) is 0 Å². The molecule has 1 saturated carbocycles. The average molecular weight is 281 g/mol. The second-order valence-electron chi connectivity index (χ2n) is 5.33. The smallest absolute Gasteiger partial charge is 0.157 e. The molecule has 20 heavy (non-hydrogen) atoms. The van der Waals surface area contributed by atoms with Crippen LogP contribution < -0.4 is 10.1 Å². The molecule has 0 aliphatic heterocycles. The van der Waals surface area contributed by atoms with E-state index in [1.807, 2.05) is 10.9 Å². The molecule has 1 heterocycles. The van der Waals surface area contributed by atoms with Crippen LogP contribution in [0.3, 0.4) is 0 Å². The maximum atomic E-state index is 6.02. The molecular weight excluding hydrogens is 254 g/mol. The van der Waals surface area contributed by atoms with E-state index >= 15 is 0 Å². The van der Waals surface area contributed by atoms with E-state index in [0.29, 0.717) is 6.04 Å². The molecule has 1 N–H and O–H groups in total. The third-order valence-corrected chi connectivity index (χ3v) is 3.58. The normalized spacial score (nSPS) is 25.4. The topological polar surface area (TPSA) is 48.3 Å². The third kappa shape index (κ3) is 3.73. The number of likely N-dealkylation sites (N-methyl/N-ethyl adjacent to an activating group) is 1. The van der Waals surface area contributed by atoms with Gasteiger partial charge in [-0.3, -0.25) is 4.68 Å². The number of aryl methyl sites for hydroxylation is 1. The van der Waals surface area contributed by atoms with Crippen LogP contribution >= 0.6 is 0 Å². The van der Waals surface area contributed by atoms with Crippen LogP contribution in [0.4, 0.5) is 0 Å². The van der Waals surface area contributed by atoms with Gasteiger partial charge in [-0.1, -0.05) is 20.8 Å². The number of hydrogen-bond acceptors (Lipinski definition) is 4. The van der Waals surface area contributed by atoms with E-state index in [9.17, 15) is 0 Å². The molecule has 1 aliphatic carbocycles. The van der Waals surface area contributed by atoms with Crippen molar-refractivity contribution in [1.29, 1.82) is 0 Å². The first kappa shape index (κ1) is 15.3. The highest BCUT2D eigenvalue weighted by atomic mass is 16.5. The van der Waals surface area contributed by atoms with Crippen molar-refractivity contribution < 1.29 is 9.47 Å². The van der Waals surface area contributed by atoms with Gasteiger partial charge in [-0.05, 0) is 19.4 Å². The number of nitrogens with zero attached hydrogens (tertiary/aromatic N) is 2. The number of nitrogens with one attached hydrogen (secondary N) is 1. The lowest BCUT2D eigenvalue weighted by atomic mass is 9.85. The van der Waals surface area contributed by atoms with Crippen LogP contribution in [0.2, 0.25) is 0 Å². The quantitative estimate of drug-likeness (QED) is 0.754. The van der Waals surface area contributed by atoms with E-state index in [4.69, 9.17) is 9.47 Å². The predicted octanol–water partition coefficient (Wildman–Crippen LogP) is 2.22. The summed E-state index contributed by atoms with van der Waals surface area (Å²) >= 11 is 0. The lowest BCUT2D eigenvalue weighted by Gasteiger charge is -2.44. The molecule has 1 aromatic rings. The van der Waals surface area contributed by atoms with Crippen LogP contribution in [0.5, 0.6) is 5.75 Å². The first-order valence-corrected chi connectivity index (χ1v) is 7.82. The monoisotopic (exact) mass is 281 g/mol. The summed E-state index contributed by atoms with van der Waals surface area (Å²) in [7, 11) is 0. The van der Waals surface area contributed by atoms with Crippen molar-refractivity contribution in [2.24, 2.45) is 0 Å². The van der Waals surface area contributed by atoms with Gasteiger partial charge < -0.3 is 14.8 Å². The van der Waals surface area contributed by atoms with Crippen LogP contribution in [-0.4, -0.2) is 41.2 Å². The second-order valence-corrected chi connectivity index (χ2v) is 5.33. The van der Waals surface area contributed by atoms with E-state index in [1.165, 1.54) is 0 Å². The van der Waals surface area contributed by atoms with Crippen molar-refractivity contribution in [3.05, 3.63) is 12.4 Å². The SMILES string of the molecule is CCCOC1C(NCC)CC1Oc1cnn(CCC)c1. The largest absolute Gasteiger partial charge is 0.484 e. The molecule has 5 nitrogen and oxygen atoms in total. The Hall–Kier alpha value is -1.07. The van der Waals surface area contributed by atoms with Crippen molar-refractivity contribution >= 4 is 0 Å². The average Bonchev–Trinajstić information content (AvgIpc) is 2.86. The van der Waals surface area contributed by atoms with Crippen LogP contribution in [0.25, 0.3) is 0 Å². The van der Waals surface area contributed by atoms with Gasteiger partial charge in [0, 0.05) is 25.6 Å². The van der Waals surface area contributed by atoms with Crippen LogP contribution in [0.1, 0.15) is 40.0 Å². The molecule has 0 amide bonds. The molecular formula is C15H27N3O2. The number of aromatic nitrogens is 2. The van der Waals surface area contributed by atoms with Gasteiger partial charge in [0.05, 0.1) is 12.4 Å². The highest BCUT2D eigenvalue weighted by molar-refractivity contribution is 5.14. The minimum Gasteiger partial charge on any atom is -0.484 e. The van der Waals surface area contributed by atoms with E-state index in [1.54, 1.807) is 6.20 Å².